The quantitative estimate of drug-likeness (QED) is 0.161. The van der Waals surface area contributed by atoms with Gasteiger partial charge in [-0.2, -0.15) is 0 Å². The van der Waals surface area contributed by atoms with Gasteiger partial charge in [-0.25, -0.2) is 9.98 Å². The average molecular weight is 721 g/mol. The minimum Gasteiger partial charge on any atom is -0.354 e. The van der Waals surface area contributed by atoms with E-state index in [-0.39, 0.29) is 18.2 Å². The van der Waals surface area contributed by atoms with Crippen molar-refractivity contribution < 1.29 is 0 Å². The molecule has 2 heterocycles. The van der Waals surface area contributed by atoms with Crippen molar-refractivity contribution in [3.05, 3.63) is 217 Å². The summed E-state index contributed by atoms with van der Waals surface area (Å²) in [6.07, 6.45) is 7.81. The fourth-order valence-corrected chi connectivity index (χ4v) is 8.20. The van der Waals surface area contributed by atoms with Gasteiger partial charge in [-0.15, -0.1) is 0 Å². The van der Waals surface area contributed by atoms with Crippen molar-refractivity contribution in [3.63, 3.8) is 0 Å². The minimum absolute atomic E-state index is 0.0274. The van der Waals surface area contributed by atoms with Crippen LogP contribution < -0.4 is 10.6 Å². The summed E-state index contributed by atoms with van der Waals surface area (Å²) < 4.78 is 0. The van der Waals surface area contributed by atoms with Gasteiger partial charge < -0.3 is 5.32 Å². The van der Waals surface area contributed by atoms with E-state index in [2.05, 4.69) is 205 Å². The number of nitrogens with zero attached hydrogens (tertiary/aromatic N) is 2. The molecule has 0 radical (unpaired) electrons. The number of amidine groups is 1. The van der Waals surface area contributed by atoms with Crippen LogP contribution in [0.5, 0.6) is 0 Å². The van der Waals surface area contributed by atoms with Crippen LogP contribution in [0.4, 0.5) is 0 Å². The molecule has 0 saturated heterocycles. The van der Waals surface area contributed by atoms with E-state index in [0.29, 0.717) is 0 Å². The molecular formula is C52H40N4. The van der Waals surface area contributed by atoms with Crippen LogP contribution in [0, 0.1) is 5.92 Å². The molecule has 0 saturated carbocycles. The molecule has 2 N–H and O–H groups in total. The van der Waals surface area contributed by atoms with E-state index >= 15 is 0 Å². The highest BCUT2D eigenvalue weighted by atomic mass is 15.3. The van der Waals surface area contributed by atoms with Crippen molar-refractivity contribution >= 4 is 33.1 Å². The average Bonchev–Trinajstić information content (AvgIpc) is 3.29. The van der Waals surface area contributed by atoms with Crippen molar-refractivity contribution in [2.75, 3.05) is 0 Å². The first-order valence-corrected chi connectivity index (χ1v) is 19.4. The summed E-state index contributed by atoms with van der Waals surface area (Å²) >= 11 is 0. The molecule has 0 fully saturated rings. The van der Waals surface area contributed by atoms with Crippen molar-refractivity contribution in [1.29, 1.82) is 0 Å². The summed E-state index contributed by atoms with van der Waals surface area (Å²) in [6.45, 7) is 0. The number of aliphatic imine (C=N–C) groups is 1. The van der Waals surface area contributed by atoms with E-state index in [9.17, 15) is 0 Å². The summed E-state index contributed by atoms with van der Waals surface area (Å²) in [5.41, 5.74) is 12.4. The van der Waals surface area contributed by atoms with E-state index in [1.165, 1.54) is 38.4 Å². The lowest BCUT2D eigenvalue weighted by atomic mass is 9.88. The first kappa shape index (κ1) is 33.7. The van der Waals surface area contributed by atoms with Gasteiger partial charge in [0.25, 0.3) is 0 Å². The summed E-state index contributed by atoms with van der Waals surface area (Å²) in [7, 11) is 0. The fourth-order valence-electron chi connectivity index (χ4n) is 8.20. The second-order valence-corrected chi connectivity index (χ2v) is 14.6. The van der Waals surface area contributed by atoms with E-state index in [1.807, 2.05) is 6.07 Å². The number of benzene rings is 7. The molecule has 1 aliphatic carbocycles. The molecule has 3 unspecified atom stereocenters. The van der Waals surface area contributed by atoms with Crippen molar-refractivity contribution in [2.24, 2.45) is 10.9 Å². The van der Waals surface area contributed by atoms with Crippen LogP contribution in [-0.4, -0.2) is 17.0 Å². The molecule has 3 atom stereocenters. The largest absolute Gasteiger partial charge is 0.354 e. The van der Waals surface area contributed by atoms with Crippen molar-refractivity contribution in [2.45, 2.75) is 18.8 Å². The van der Waals surface area contributed by atoms with E-state index in [4.69, 9.17) is 9.98 Å². The molecule has 8 aromatic rings. The summed E-state index contributed by atoms with van der Waals surface area (Å²) in [5.74, 6) is 1.18. The topological polar surface area (TPSA) is 49.3 Å². The normalized spacial score (nSPS) is 18.0. The summed E-state index contributed by atoms with van der Waals surface area (Å²) in [4.78, 5) is 10.5. The standard InChI is InChI=1S/C52H40N4/c1-5-15-37(16-6-1)45-34-47(39-17-7-2-8-18-39)53-49-46(33-43-23-13-14-24-44(43)48(45)49)38-29-25-35(26-30-38)36-27-31-42(32-28-36)52-55-50(40-19-9-3-10-20-40)54-51(56-52)41-21-11-4-12-22-41/h1-31,33-34,42,50,52,55H,32H2,(H,54,56). The first-order chi connectivity index (χ1) is 27.7. The van der Waals surface area contributed by atoms with Gasteiger partial charge in [0.1, 0.15) is 12.0 Å². The number of rotatable bonds is 7. The molecular weight excluding hydrogens is 681 g/mol. The third kappa shape index (κ3) is 6.51. The van der Waals surface area contributed by atoms with E-state index in [1.54, 1.807) is 0 Å². The number of fused-ring (bicyclic) bond motifs is 3. The van der Waals surface area contributed by atoms with E-state index in [0.717, 1.165) is 51.3 Å². The lowest BCUT2D eigenvalue weighted by molar-refractivity contribution is 0.328. The number of pyridine rings is 1. The second kappa shape index (κ2) is 14.7. The van der Waals surface area contributed by atoms with Crippen molar-refractivity contribution in [1.82, 2.24) is 15.6 Å². The fraction of sp³-hybridized carbons (Fsp3) is 0.0769. The molecule has 56 heavy (non-hydrogen) atoms. The van der Waals surface area contributed by atoms with Gasteiger partial charge in [-0.3, -0.25) is 5.32 Å². The third-order valence-electron chi connectivity index (χ3n) is 11.1. The Hall–Kier alpha value is -6.88. The molecule has 2 aliphatic rings. The second-order valence-electron chi connectivity index (χ2n) is 14.6. The van der Waals surface area contributed by atoms with Gasteiger partial charge in [0.05, 0.1) is 17.4 Å². The maximum atomic E-state index is 5.43. The smallest absolute Gasteiger partial charge is 0.131 e. The van der Waals surface area contributed by atoms with Gasteiger partial charge in [0.15, 0.2) is 0 Å². The monoisotopic (exact) mass is 720 g/mol. The number of allylic oxidation sites excluding steroid dienone is 3. The first-order valence-electron chi connectivity index (χ1n) is 19.4. The Bertz CT molecular complexity index is 2760. The Morgan fingerprint density at radius 1 is 0.536 bits per heavy atom. The Balaban J connectivity index is 0.980. The van der Waals surface area contributed by atoms with Gasteiger partial charge in [-0.1, -0.05) is 188 Å². The lowest BCUT2D eigenvalue weighted by Crippen LogP contribution is -2.54. The molecule has 0 bridgehead atoms. The van der Waals surface area contributed by atoms with Crippen molar-refractivity contribution in [3.8, 4) is 33.5 Å². The zero-order chi connectivity index (χ0) is 37.3. The van der Waals surface area contributed by atoms with Gasteiger partial charge in [-0.05, 0) is 62.7 Å². The summed E-state index contributed by atoms with van der Waals surface area (Å²) in [6, 6.07) is 64.5. The van der Waals surface area contributed by atoms with Gasteiger partial charge in [0.2, 0.25) is 0 Å². The number of hydrogen-bond acceptors (Lipinski definition) is 4. The van der Waals surface area contributed by atoms with Gasteiger partial charge >= 0.3 is 0 Å². The maximum absolute atomic E-state index is 5.43. The Labute approximate surface area is 327 Å². The molecule has 268 valence electrons. The predicted octanol–water partition coefficient (Wildman–Crippen LogP) is 12.0. The SMILES string of the molecule is C1=CC(C2NC(c3ccccc3)=NC(c3ccccc3)N2)CC=C1c1ccc(-c2cc3ccccc3c3c(-c4ccccc4)cc(-c4ccccc4)nc23)cc1. The molecule has 0 amide bonds. The predicted molar refractivity (Wildman–Crippen MR) is 233 cm³/mol. The van der Waals surface area contributed by atoms with E-state index < -0.39 is 0 Å². The molecule has 10 rings (SSSR count). The highest BCUT2D eigenvalue weighted by Gasteiger charge is 2.29. The van der Waals surface area contributed by atoms with Crippen LogP contribution in [-0.2, 0) is 0 Å². The van der Waals surface area contributed by atoms with Crippen LogP contribution in [0.1, 0.15) is 29.3 Å². The molecule has 1 aromatic heterocycles. The molecule has 0 spiro atoms. The van der Waals surface area contributed by atoms with Gasteiger partial charge in [0, 0.05) is 28.0 Å². The maximum Gasteiger partial charge on any atom is 0.131 e. The minimum atomic E-state index is -0.128. The third-order valence-corrected chi connectivity index (χ3v) is 11.1. The van der Waals surface area contributed by atoms with Crippen LogP contribution in [0.15, 0.2) is 205 Å². The molecule has 4 heteroatoms. The zero-order valence-electron chi connectivity index (χ0n) is 30.9. The Kier molecular flexibility index (Phi) is 8.87. The zero-order valence-corrected chi connectivity index (χ0v) is 30.9. The van der Waals surface area contributed by atoms with Crippen LogP contribution in [0.3, 0.4) is 0 Å². The Morgan fingerprint density at radius 2 is 1.14 bits per heavy atom. The number of hydrogen-bond donors (Lipinski definition) is 2. The molecule has 1 aliphatic heterocycles. The van der Waals surface area contributed by atoms with Crippen LogP contribution >= 0.6 is 0 Å². The number of aromatic nitrogens is 1. The Morgan fingerprint density at radius 3 is 1.84 bits per heavy atom. The highest BCUT2D eigenvalue weighted by molar-refractivity contribution is 6.18. The molecule has 7 aromatic carbocycles. The van der Waals surface area contributed by atoms with Crippen LogP contribution in [0.2, 0.25) is 0 Å². The lowest BCUT2D eigenvalue weighted by Gasteiger charge is -2.36. The highest BCUT2D eigenvalue weighted by Crippen LogP contribution is 2.41. The summed E-state index contributed by atoms with van der Waals surface area (Å²) in [5, 5.41) is 11.1. The molecule has 4 nitrogen and oxygen atoms in total. The number of nitrogens with one attached hydrogen (secondary N) is 2. The van der Waals surface area contributed by atoms with Crippen LogP contribution in [0.25, 0.3) is 60.8 Å².